The van der Waals surface area contributed by atoms with Crippen molar-refractivity contribution < 1.29 is 32.2 Å². The topological polar surface area (TPSA) is 48.0 Å². The smallest absolute Gasteiger partial charge is 0.406 e. The Morgan fingerprint density at radius 3 is 2.42 bits per heavy atom. The summed E-state index contributed by atoms with van der Waals surface area (Å²) in [5.74, 6) is -0.589. The average Bonchev–Trinajstić information content (AvgIpc) is 3.08. The number of halogens is 3. The van der Waals surface area contributed by atoms with Crippen LogP contribution in [0.15, 0.2) is 24.3 Å². The number of nitrogens with zero attached hydrogens (tertiary/aromatic N) is 1. The maximum atomic E-state index is 12.7. The van der Waals surface area contributed by atoms with Gasteiger partial charge in [-0.2, -0.15) is 0 Å². The minimum atomic E-state index is -4.75. The summed E-state index contributed by atoms with van der Waals surface area (Å²) in [5, 5.41) is 0. The van der Waals surface area contributed by atoms with Gasteiger partial charge in [0.15, 0.2) is 6.29 Å². The number of alkyl halides is 3. The second-order valence-electron chi connectivity index (χ2n) is 5.74. The van der Waals surface area contributed by atoms with E-state index < -0.39 is 12.7 Å². The zero-order valence-electron chi connectivity index (χ0n) is 12.9. The van der Waals surface area contributed by atoms with Gasteiger partial charge in [-0.15, -0.1) is 13.2 Å². The molecule has 1 atom stereocenters. The fraction of sp³-hybridized carbons (Fsp3) is 0.562. The Kier molecular flexibility index (Phi) is 4.96. The molecule has 24 heavy (non-hydrogen) atoms. The second kappa shape index (κ2) is 6.98. The van der Waals surface area contributed by atoms with Crippen molar-refractivity contribution in [3.05, 3.63) is 29.8 Å². The third-order valence-electron chi connectivity index (χ3n) is 4.11. The lowest BCUT2D eigenvalue weighted by molar-refractivity contribution is -0.274. The van der Waals surface area contributed by atoms with Gasteiger partial charge < -0.3 is 19.1 Å². The van der Waals surface area contributed by atoms with Gasteiger partial charge in [0, 0.05) is 12.1 Å². The fourth-order valence-corrected chi connectivity index (χ4v) is 3.06. The van der Waals surface area contributed by atoms with Gasteiger partial charge in [-0.25, -0.2) is 0 Å². The highest BCUT2D eigenvalue weighted by atomic mass is 19.4. The van der Waals surface area contributed by atoms with Crippen LogP contribution in [0.2, 0.25) is 0 Å². The average molecular weight is 345 g/mol. The standard InChI is InChI=1S/C16H18F3NO4/c17-16(18,19)24-12-6-4-11(5-7-12)14(21)20-8-2-1-3-13(20)15-22-9-10-23-15/h4-7,13,15H,1-3,8-10H2. The van der Waals surface area contributed by atoms with E-state index in [2.05, 4.69) is 4.74 Å². The Morgan fingerprint density at radius 1 is 1.12 bits per heavy atom. The van der Waals surface area contributed by atoms with Gasteiger partial charge in [-0.1, -0.05) is 0 Å². The SMILES string of the molecule is O=C(c1ccc(OC(F)(F)F)cc1)N1CCCCC1C1OCCO1. The summed E-state index contributed by atoms with van der Waals surface area (Å²) in [5.41, 5.74) is 0.314. The molecule has 132 valence electrons. The first-order valence-corrected chi connectivity index (χ1v) is 7.84. The fourth-order valence-electron chi connectivity index (χ4n) is 3.06. The van der Waals surface area contributed by atoms with Gasteiger partial charge in [0.2, 0.25) is 0 Å². The van der Waals surface area contributed by atoms with Crippen LogP contribution in [0.25, 0.3) is 0 Å². The molecule has 3 rings (SSSR count). The molecule has 1 aromatic carbocycles. The molecule has 1 aromatic rings. The highest BCUT2D eigenvalue weighted by Gasteiger charge is 2.36. The Bertz CT molecular complexity index is 570. The predicted octanol–water partition coefficient (Wildman–Crippen LogP) is 2.95. The summed E-state index contributed by atoms with van der Waals surface area (Å²) in [6.45, 7) is 1.59. The van der Waals surface area contributed by atoms with Crippen molar-refractivity contribution in [3.8, 4) is 5.75 Å². The van der Waals surface area contributed by atoms with Crippen LogP contribution >= 0.6 is 0 Å². The molecule has 0 spiro atoms. The van der Waals surface area contributed by atoms with Crippen LogP contribution in [0.4, 0.5) is 13.2 Å². The number of ether oxygens (including phenoxy) is 3. The van der Waals surface area contributed by atoms with E-state index >= 15 is 0 Å². The Labute approximate surface area is 137 Å². The van der Waals surface area contributed by atoms with Gasteiger partial charge in [-0.05, 0) is 43.5 Å². The zero-order valence-corrected chi connectivity index (χ0v) is 12.9. The summed E-state index contributed by atoms with van der Waals surface area (Å²) < 4.78 is 51.4. The van der Waals surface area contributed by atoms with Crippen LogP contribution in [0.5, 0.6) is 5.75 Å². The first-order valence-electron chi connectivity index (χ1n) is 7.84. The van der Waals surface area contributed by atoms with Crippen LogP contribution in [-0.4, -0.2) is 49.3 Å². The van der Waals surface area contributed by atoms with Crippen molar-refractivity contribution in [2.24, 2.45) is 0 Å². The predicted molar refractivity (Wildman–Crippen MR) is 77.5 cm³/mol. The first kappa shape index (κ1) is 17.0. The highest BCUT2D eigenvalue weighted by Crippen LogP contribution is 2.27. The third kappa shape index (κ3) is 3.99. The Hall–Kier alpha value is -1.80. The highest BCUT2D eigenvalue weighted by molar-refractivity contribution is 5.94. The lowest BCUT2D eigenvalue weighted by atomic mass is 10.00. The number of amides is 1. The van der Waals surface area contributed by atoms with Crippen molar-refractivity contribution in [1.82, 2.24) is 4.90 Å². The molecular formula is C16H18F3NO4. The number of rotatable bonds is 3. The van der Waals surface area contributed by atoms with Crippen LogP contribution in [0, 0.1) is 0 Å². The summed E-state index contributed by atoms with van der Waals surface area (Å²) in [6.07, 6.45) is -2.53. The molecule has 2 aliphatic heterocycles. The summed E-state index contributed by atoms with van der Waals surface area (Å²) >= 11 is 0. The van der Waals surface area contributed by atoms with Gasteiger partial charge in [0.1, 0.15) is 5.75 Å². The van der Waals surface area contributed by atoms with E-state index in [9.17, 15) is 18.0 Å². The number of hydrogen-bond donors (Lipinski definition) is 0. The van der Waals surface area contributed by atoms with E-state index in [1.165, 1.54) is 12.1 Å². The van der Waals surface area contributed by atoms with E-state index in [0.717, 1.165) is 31.4 Å². The number of benzene rings is 1. The molecule has 2 saturated heterocycles. The first-order chi connectivity index (χ1) is 11.4. The minimum Gasteiger partial charge on any atom is -0.406 e. The van der Waals surface area contributed by atoms with Crippen molar-refractivity contribution in [3.63, 3.8) is 0 Å². The Morgan fingerprint density at radius 2 is 1.79 bits per heavy atom. The van der Waals surface area contributed by atoms with Gasteiger partial charge in [0.05, 0.1) is 19.3 Å². The molecule has 0 saturated carbocycles. The summed E-state index contributed by atoms with van der Waals surface area (Å²) in [7, 11) is 0. The number of carbonyl (C=O) groups excluding carboxylic acids is 1. The van der Waals surface area contributed by atoms with Crippen LogP contribution in [0.1, 0.15) is 29.6 Å². The summed E-state index contributed by atoms with van der Waals surface area (Å²) in [4.78, 5) is 14.4. The van der Waals surface area contributed by atoms with Crippen molar-refractivity contribution in [2.45, 2.75) is 38.0 Å². The molecule has 2 aliphatic rings. The van der Waals surface area contributed by atoms with Crippen LogP contribution < -0.4 is 4.74 Å². The molecule has 2 fully saturated rings. The molecule has 0 N–H and O–H groups in total. The molecule has 1 amide bonds. The lowest BCUT2D eigenvalue weighted by Crippen LogP contribution is -2.50. The van der Waals surface area contributed by atoms with Crippen LogP contribution in [0.3, 0.4) is 0 Å². The van der Waals surface area contributed by atoms with E-state index in [0.29, 0.717) is 25.3 Å². The molecule has 2 heterocycles. The maximum absolute atomic E-state index is 12.7. The third-order valence-corrected chi connectivity index (χ3v) is 4.11. The maximum Gasteiger partial charge on any atom is 0.573 e. The zero-order chi connectivity index (χ0) is 17.2. The minimum absolute atomic E-state index is 0.167. The van der Waals surface area contributed by atoms with E-state index in [-0.39, 0.29) is 17.7 Å². The van der Waals surface area contributed by atoms with Crippen LogP contribution in [-0.2, 0) is 9.47 Å². The summed E-state index contributed by atoms with van der Waals surface area (Å²) in [6, 6.07) is 4.79. The number of hydrogen-bond acceptors (Lipinski definition) is 4. The number of piperidine rings is 1. The molecule has 1 unspecified atom stereocenters. The molecule has 0 radical (unpaired) electrons. The van der Waals surface area contributed by atoms with E-state index in [1.54, 1.807) is 4.90 Å². The molecule has 0 bridgehead atoms. The molecule has 5 nitrogen and oxygen atoms in total. The van der Waals surface area contributed by atoms with E-state index in [1.807, 2.05) is 0 Å². The normalized spacial score (nSPS) is 22.6. The van der Waals surface area contributed by atoms with Crippen molar-refractivity contribution in [2.75, 3.05) is 19.8 Å². The lowest BCUT2D eigenvalue weighted by Gasteiger charge is -2.38. The van der Waals surface area contributed by atoms with E-state index in [4.69, 9.17) is 9.47 Å². The monoisotopic (exact) mass is 345 g/mol. The largest absolute Gasteiger partial charge is 0.573 e. The van der Waals surface area contributed by atoms with Gasteiger partial charge >= 0.3 is 6.36 Å². The number of carbonyl (C=O) groups is 1. The quantitative estimate of drug-likeness (QED) is 0.845. The molecule has 8 heteroatoms. The Balaban J connectivity index is 1.71. The van der Waals surface area contributed by atoms with Gasteiger partial charge in [0.25, 0.3) is 5.91 Å². The number of likely N-dealkylation sites (tertiary alicyclic amines) is 1. The second-order valence-corrected chi connectivity index (χ2v) is 5.74. The van der Waals surface area contributed by atoms with Crippen molar-refractivity contribution >= 4 is 5.91 Å². The van der Waals surface area contributed by atoms with Gasteiger partial charge in [-0.3, -0.25) is 4.79 Å². The molecule has 0 aliphatic carbocycles. The molecule has 0 aromatic heterocycles. The van der Waals surface area contributed by atoms with Crippen molar-refractivity contribution in [1.29, 1.82) is 0 Å². The molecular weight excluding hydrogens is 327 g/mol.